The summed E-state index contributed by atoms with van der Waals surface area (Å²) >= 11 is 0. The van der Waals surface area contributed by atoms with Gasteiger partial charge in [0.1, 0.15) is 0 Å². The molecular formula is C17H23F3N2O4S. The Kier molecular flexibility index (Phi) is 6.87. The minimum absolute atomic E-state index is 0.119. The Morgan fingerprint density at radius 3 is 2.56 bits per heavy atom. The largest absolute Gasteiger partial charge is 0.748 e. The monoisotopic (exact) mass is 408 g/mol. The average molecular weight is 408 g/mol. The second-order valence-corrected chi connectivity index (χ2v) is 7.79. The SMILES string of the molecule is CCOCCc1c(C(F)(F)F)ccc2c1[nH]c(C)[n+]2CCCCS(=O)(=O)[O-]. The summed E-state index contributed by atoms with van der Waals surface area (Å²) in [4.78, 5) is 3.02. The maximum Gasteiger partial charge on any atom is 0.416 e. The highest BCUT2D eigenvalue weighted by Gasteiger charge is 2.36. The molecule has 2 aromatic rings. The van der Waals surface area contributed by atoms with Crippen molar-refractivity contribution in [3.8, 4) is 0 Å². The molecule has 0 bridgehead atoms. The van der Waals surface area contributed by atoms with Crippen molar-refractivity contribution in [3.63, 3.8) is 0 Å². The zero-order valence-electron chi connectivity index (χ0n) is 15.2. The molecule has 0 aliphatic heterocycles. The fourth-order valence-electron chi connectivity index (χ4n) is 3.11. The van der Waals surface area contributed by atoms with E-state index in [1.54, 1.807) is 18.4 Å². The van der Waals surface area contributed by atoms with Gasteiger partial charge in [0.15, 0.2) is 11.0 Å². The van der Waals surface area contributed by atoms with Gasteiger partial charge in [0.25, 0.3) is 5.82 Å². The Morgan fingerprint density at radius 1 is 1.26 bits per heavy atom. The molecule has 0 aliphatic carbocycles. The first-order valence-electron chi connectivity index (χ1n) is 8.67. The van der Waals surface area contributed by atoms with Gasteiger partial charge in [0, 0.05) is 31.3 Å². The van der Waals surface area contributed by atoms with Crippen LogP contribution in [0.3, 0.4) is 0 Å². The van der Waals surface area contributed by atoms with Crippen molar-refractivity contribution in [1.82, 2.24) is 4.98 Å². The summed E-state index contributed by atoms with van der Waals surface area (Å²) in [5.74, 6) is 0.208. The van der Waals surface area contributed by atoms with Crippen molar-refractivity contribution in [2.75, 3.05) is 19.0 Å². The van der Waals surface area contributed by atoms with Crippen LogP contribution in [0.1, 0.15) is 36.7 Å². The number of aromatic amines is 1. The second-order valence-electron chi connectivity index (χ2n) is 6.26. The number of benzene rings is 1. The highest BCUT2D eigenvalue weighted by molar-refractivity contribution is 7.85. The Balaban J connectivity index is 2.35. The number of imidazole rings is 1. The van der Waals surface area contributed by atoms with Gasteiger partial charge in [-0.05, 0) is 31.9 Å². The standard InChI is InChI=1S/C17H23F3N2O4S/c1-3-26-10-8-13-14(17(18,19)20)6-7-15-16(13)21-12(2)22(15)9-4-5-11-27(23,24)25/h6-7H,3-5,8-11H2,1-2H3,(H,23,24,25). The molecule has 0 saturated carbocycles. The smallest absolute Gasteiger partial charge is 0.416 e. The number of H-pyrrole nitrogens is 1. The lowest BCUT2D eigenvalue weighted by Gasteiger charge is -2.12. The van der Waals surface area contributed by atoms with Gasteiger partial charge in [0.05, 0.1) is 28.8 Å². The van der Waals surface area contributed by atoms with Gasteiger partial charge in [0.2, 0.25) is 0 Å². The van der Waals surface area contributed by atoms with E-state index in [-0.39, 0.29) is 25.0 Å². The number of nitrogens with zero attached hydrogens (tertiary/aromatic N) is 1. The Hall–Kier alpha value is -1.65. The maximum atomic E-state index is 13.4. The van der Waals surface area contributed by atoms with Crippen LogP contribution in [0.4, 0.5) is 13.2 Å². The van der Waals surface area contributed by atoms with Crippen LogP contribution in [0.25, 0.3) is 11.0 Å². The van der Waals surface area contributed by atoms with Crippen LogP contribution in [0.15, 0.2) is 12.1 Å². The molecule has 0 aliphatic rings. The van der Waals surface area contributed by atoms with Gasteiger partial charge in [-0.2, -0.15) is 13.2 Å². The molecule has 10 heteroatoms. The number of halogens is 3. The summed E-state index contributed by atoms with van der Waals surface area (Å²) < 4.78 is 79.3. The lowest BCUT2D eigenvalue weighted by atomic mass is 10.0. The van der Waals surface area contributed by atoms with Crippen LogP contribution in [0.5, 0.6) is 0 Å². The third-order valence-corrected chi connectivity index (χ3v) is 5.11. The maximum absolute atomic E-state index is 13.4. The predicted molar refractivity (Wildman–Crippen MR) is 92.2 cm³/mol. The molecular weight excluding hydrogens is 385 g/mol. The van der Waals surface area contributed by atoms with Gasteiger partial charge in [-0.1, -0.05) is 0 Å². The minimum Gasteiger partial charge on any atom is -0.748 e. The van der Waals surface area contributed by atoms with E-state index in [0.29, 0.717) is 36.4 Å². The molecule has 0 unspecified atom stereocenters. The zero-order valence-corrected chi connectivity index (χ0v) is 16.0. The fourth-order valence-corrected chi connectivity index (χ4v) is 3.67. The van der Waals surface area contributed by atoms with E-state index in [0.717, 1.165) is 6.07 Å². The third-order valence-electron chi connectivity index (χ3n) is 4.32. The molecule has 0 saturated heterocycles. The molecule has 0 atom stereocenters. The van der Waals surface area contributed by atoms with E-state index in [9.17, 15) is 26.1 Å². The molecule has 2 rings (SSSR count). The normalized spacial score (nSPS) is 12.8. The van der Waals surface area contributed by atoms with Gasteiger partial charge < -0.3 is 9.29 Å². The summed E-state index contributed by atoms with van der Waals surface area (Å²) in [6, 6.07) is 2.48. The molecule has 6 nitrogen and oxygen atoms in total. The Morgan fingerprint density at radius 2 is 1.96 bits per heavy atom. The first-order valence-corrected chi connectivity index (χ1v) is 10.2. The average Bonchev–Trinajstić information content (AvgIpc) is 2.86. The first kappa shape index (κ1) is 21.6. The molecule has 0 radical (unpaired) electrons. The molecule has 0 spiro atoms. The summed E-state index contributed by atoms with van der Waals surface area (Å²) in [6.45, 7) is 4.52. The lowest BCUT2D eigenvalue weighted by molar-refractivity contribution is -0.677. The van der Waals surface area contributed by atoms with Gasteiger partial charge in [-0.3, -0.25) is 0 Å². The molecule has 0 fully saturated rings. The van der Waals surface area contributed by atoms with Crippen LogP contribution in [-0.2, 0) is 34.0 Å². The summed E-state index contributed by atoms with van der Waals surface area (Å²) in [6.07, 6.45) is -3.73. The fraction of sp³-hybridized carbons (Fsp3) is 0.588. The number of nitrogens with one attached hydrogen (secondary N) is 1. The van der Waals surface area contributed by atoms with Crippen LogP contribution >= 0.6 is 0 Å². The number of fused-ring (bicyclic) bond motifs is 1. The highest BCUT2D eigenvalue weighted by atomic mass is 32.2. The summed E-state index contributed by atoms with van der Waals surface area (Å²) in [5, 5.41) is 0. The quantitative estimate of drug-likeness (QED) is 0.393. The van der Waals surface area contributed by atoms with Crippen molar-refractivity contribution in [2.24, 2.45) is 0 Å². The molecule has 1 N–H and O–H groups in total. The van der Waals surface area contributed by atoms with E-state index >= 15 is 0 Å². The highest BCUT2D eigenvalue weighted by Crippen LogP contribution is 2.35. The van der Waals surface area contributed by atoms with Crippen molar-refractivity contribution in [1.29, 1.82) is 0 Å². The number of aromatic nitrogens is 2. The topological polar surface area (TPSA) is 86.1 Å². The molecule has 1 aromatic heterocycles. The molecule has 152 valence electrons. The van der Waals surface area contributed by atoms with E-state index < -0.39 is 27.6 Å². The van der Waals surface area contributed by atoms with E-state index in [4.69, 9.17) is 4.74 Å². The van der Waals surface area contributed by atoms with Crippen LogP contribution in [0, 0.1) is 6.92 Å². The van der Waals surface area contributed by atoms with Crippen molar-refractivity contribution >= 4 is 21.2 Å². The van der Waals surface area contributed by atoms with Crippen molar-refractivity contribution in [3.05, 3.63) is 29.1 Å². The van der Waals surface area contributed by atoms with E-state index in [2.05, 4.69) is 4.98 Å². The molecule has 0 amide bonds. The number of hydrogen-bond donors (Lipinski definition) is 1. The van der Waals surface area contributed by atoms with Crippen LogP contribution in [0.2, 0.25) is 0 Å². The third kappa shape index (κ3) is 5.66. The number of alkyl halides is 3. The van der Waals surface area contributed by atoms with Crippen LogP contribution in [-0.4, -0.2) is 36.9 Å². The lowest BCUT2D eigenvalue weighted by Crippen LogP contribution is -2.35. The Bertz CT molecular complexity index is 892. The van der Waals surface area contributed by atoms with E-state index in [1.165, 1.54) is 6.07 Å². The molecule has 1 heterocycles. The second kappa shape index (κ2) is 8.57. The molecule has 27 heavy (non-hydrogen) atoms. The predicted octanol–water partition coefficient (Wildman–Crippen LogP) is 2.69. The zero-order chi connectivity index (χ0) is 20.2. The van der Waals surface area contributed by atoms with E-state index in [1.807, 2.05) is 0 Å². The number of hydrogen-bond acceptors (Lipinski definition) is 4. The minimum atomic E-state index is -4.47. The van der Waals surface area contributed by atoms with Crippen molar-refractivity contribution < 1.29 is 35.4 Å². The number of rotatable bonds is 9. The van der Waals surface area contributed by atoms with Crippen LogP contribution < -0.4 is 4.57 Å². The van der Waals surface area contributed by atoms with Gasteiger partial charge >= 0.3 is 6.18 Å². The molecule has 1 aromatic carbocycles. The summed E-state index contributed by atoms with van der Waals surface area (Å²) in [7, 11) is -4.27. The number of unbranched alkanes of at least 4 members (excludes halogenated alkanes) is 1. The van der Waals surface area contributed by atoms with Gasteiger partial charge in [-0.25, -0.2) is 18.0 Å². The van der Waals surface area contributed by atoms with Gasteiger partial charge in [-0.15, -0.1) is 0 Å². The number of ether oxygens (including phenoxy) is 1. The first-order chi connectivity index (χ1) is 12.5. The number of aryl methyl sites for hydroxylation is 2. The van der Waals surface area contributed by atoms with Crippen molar-refractivity contribution in [2.45, 2.75) is 45.8 Å². The summed E-state index contributed by atoms with van der Waals surface area (Å²) in [5.41, 5.74) is 0.466. The Labute approximate surface area is 156 Å².